The molecule has 0 amide bonds. The molecule has 0 fully saturated rings. The summed E-state index contributed by atoms with van der Waals surface area (Å²) < 4.78 is 5.20. The zero-order valence-corrected chi connectivity index (χ0v) is 11.7. The fourth-order valence-corrected chi connectivity index (χ4v) is 2.96. The van der Waals surface area contributed by atoms with Gasteiger partial charge < -0.3 is 9.72 Å². The van der Waals surface area contributed by atoms with Crippen LogP contribution in [-0.4, -0.2) is 17.6 Å². The molecule has 1 aromatic heterocycles. The highest BCUT2D eigenvalue weighted by molar-refractivity contribution is 5.97. The molecule has 104 valence electrons. The second-order valence-corrected chi connectivity index (χ2v) is 5.13. The lowest BCUT2D eigenvalue weighted by molar-refractivity contribution is 0.0521. The standard InChI is InChI=1S/C17H19NO2/c1-2-20-17(19)16-15(12-8-4-3-5-9-12)13-10-6-7-11-14(13)18-16/h3-5,8-9,18H,2,6-7,10-11H2,1H3. The normalized spacial score (nSPS) is 13.8. The number of esters is 1. The minimum atomic E-state index is -0.249. The van der Waals surface area contributed by atoms with Crippen LogP contribution in [0.25, 0.3) is 11.1 Å². The van der Waals surface area contributed by atoms with Crippen molar-refractivity contribution in [2.24, 2.45) is 0 Å². The lowest BCUT2D eigenvalue weighted by atomic mass is 9.91. The summed E-state index contributed by atoms with van der Waals surface area (Å²) in [5.41, 5.74) is 5.25. The van der Waals surface area contributed by atoms with Crippen molar-refractivity contribution in [3.63, 3.8) is 0 Å². The maximum Gasteiger partial charge on any atom is 0.355 e. The molecule has 0 radical (unpaired) electrons. The first-order chi connectivity index (χ1) is 9.81. The van der Waals surface area contributed by atoms with E-state index in [1.165, 1.54) is 24.1 Å². The van der Waals surface area contributed by atoms with E-state index in [4.69, 9.17) is 4.74 Å². The van der Waals surface area contributed by atoms with Crippen molar-refractivity contribution in [1.82, 2.24) is 4.98 Å². The molecular weight excluding hydrogens is 250 g/mol. The third-order valence-corrected chi connectivity index (χ3v) is 3.84. The fraction of sp³-hybridized carbons (Fsp3) is 0.353. The monoisotopic (exact) mass is 269 g/mol. The third kappa shape index (κ3) is 2.24. The Hall–Kier alpha value is -2.03. The average molecular weight is 269 g/mol. The molecule has 3 nitrogen and oxygen atoms in total. The Balaban J connectivity index is 2.14. The molecule has 1 aromatic carbocycles. The van der Waals surface area contributed by atoms with Gasteiger partial charge in [-0.05, 0) is 43.7 Å². The van der Waals surface area contributed by atoms with Gasteiger partial charge in [-0.3, -0.25) is 0 Å². The Bertz CT molecular complexity index is 613. The number of aryl methyl sites for hydroxylation is 1. The summed E-state index contributed by atoms with van der Waals surface area (Å²) in [5, 5.41) is 0. The lowest BCUT2D eigenvalue weighted by Gasteiger charge is -2.12. The van der Waals surface area contributed by atoms with Gasteiger partial charge in [0.05, 0.1) is 6.61 Å². The van der Waals surface area contributed by atoms with Crippen LogP contribution in [0.2, 0.25) is 0 Å². The highest BCUT2D eigenvalue weighted by atomic mass is 16.5. The van der Waals surface area contributed by atoms with E-state index in [-0.39, 0.29) is 5.97 Å². The number of hydrogen-bond acceptors (Lipinski definition) is 2. The Morgan fingerprint density at radius 3 is 2.70 bits per heavy atom. The van der Waals surface area contributed by atoms with Crippen LogP contribution in [-0.2, 0) is 17.6 Å². The van der Waals surface area contributed by atoms with Crippen LogP contribution in [0.5, 0.6) is 0 Å². The van der Waals surface area contributed by atoms with Gasteiger partial charge >= 0.3 is 5.97 Å². The maximum atomic E-state index is 12.2. The highest BCUT2D eigenvalue weighted by Gasteiger charge is 2.25. The third-order valence-electron chi connectivity index (χ3n) is 3.84. The lowest BCUT2D eigenvalue weighted by Crippen LogP contribution is -2.06. The van der Waals surface area contributed by atoms with Crippen LogP contribution in [0.4, 0.5) is 0 Å². The molecule has 20 heavy (non-hydrogen) atoms. The van der Waals surface area contributed by atoms with Gasteiger partial charge in [0.1, 0.15) is 5.69 Å². The number of nitrogens with one attached hydrogen (secondary N) is 1. The van der Waals surface area contributed by atoms with E-state index in [0.717, 1.165) is 24.0 Å². The van der Waals surface area contributed by atoms with Gasteiger partial charge in [0.2, 0.25) is 0 Å². The molecule has 1 aliphatic carbocycles. The van der Waals surface area contributed by atoms with Gasteiger partial charge in [0, 0.05) is 11.3 Å². The van der Waals surface area contributed by atoms with E-state index in [1.807, 2.05) is 25.1 Å². The fourth-order valence-electron chi connectivity index (χ4n) is 2.96. The number of aromatic nitrogens is 1. The summed E-state index contributed by atoms with van der Waals surface area (Å²) in [4.78, 5) is 15.5. The smallest absolute Gasteiger partial charge is 0.355 e. The van der Waals surface area contributed by atoms with Crippen molar-refractivity contribution in [3.8, 4) is 11.1 Å². The van der Waals surface area contributed by atoms with Crippen molar-refractivity contribution in [2.75, 3.05) is 6.61 Å². The number of carbonyl (C=O) groups excluding carboxylic acids is 1. The van der Waals surface area contributed by atoms with E-state index >= 15 is 0 Å². The first kappa shape index (κ1) is 13.0. The molecular formula is C17H19NO2. The number of ether oxygens (including phenoxy) is 1. The van der Waals surface area contributed by atoms with Gasteiger partial charge in [0.15, 0.2) is 0 Å². The quantitative estimate of drug-likeness (QED) is 0.862. The molecule has 0 saturated heterocycles. The summed E-state index contributed by atoms with van der Waals surface area (Å²) in [7, 11) is 0. The molecule has 1 aliphatic rings. The molecule has 1 heterocycles. The van der Waals surface area contributed by atoms with Gasteiger partial charge in [-0.25, -0.2) is 4.79 Å². The molecule has 0 atom stereocenters. The average Bonchev–Trinajstić information content (AvgIpc) is 2.88. The number of carbonyl (C=O) groups is 1. The van der Waals surface area contributed by atoms with Gasteiger partial charge in [-0.1, -0.05) is 30.3 Å². The number of rotatable bonds is 3. The molecule has 2 aromatic rings. The molecule has 0 saturated carbocycles. The SMILES string of the molecule is CCOC(=O)c1[nH]c2c(c1-c1ccccc1)CCCC2. The van der Waals surface area contributed by atoms with Crippen LogP contribution >= 0.6 is 0 Å². The van der Waals surface area contributed by atoms with E-state index in [2.05, 4.69) is 17.1 Å². The van der Waals surface area contributed by atoms with E-state index in [9.17, 15) is 4.79 Å². The Morgan fingerprint density at radius 1 is 1.20 bits per heavy atom. The molecule has 3 heteroatoms. The van der Waals surface area contributed by atoms with Crippen LogP contribution < -0.4 is 0 Å². The van der Waals surface area contributed by atoms with E-state index < -0.39 is 0 Å². The summed E-state index contributed by atoms with van der Waals surface area (Å²) >= 11 is 0. The second-order valence-electron chi connectivity index (χ2n) is 5.13. The van der Waals surface area contributed by atoms with Crippen molar-refractivity contribution in [3.05, 3.63) is 47.3 Å². The number of aromatic amines is 1. The minimum absolute atomic E-state index is 0.249. The van der Waals surface area contributed by atoms with Crippen molar-refractivity contribution < 1.29 is 9.53 Å². The zero-order chi connectivity index (χ0) is 13.9. The predicted molar refractivity (Wildman–Crippen MR) is 78.8 cm³/mol. The van der Waals surface area contributed by atoms with Gasteiger partial charge in [-0.2, -0.15) is 0 Å². The molecule has 0 spiro atoms. The van der Waals surface area contributed by atoms with E-state index in [0.29, 0.717) is 12.3 Å². The highest BCUT2D eigenvalue weighted by Crippen LogP contribution is 2.35. The number of fused-ring (bicyclic) bond motifs is 1. The summed E-state index contributed by atoms with van der Waals surface area (Å²) in [5.74, 6) is -0.249. The first-order valence-corrected chi connectivity index (χ1v) is 7.27. The maximum absolute atomic E-state index is 12.2. The van der Waals surface area contributed by atoms with Crippen molar-refractivity contribution in [2.45, 2.75) is 32.6 Å². The van der Waals surface area contributed by atoms with Gasteiger partial charge in [0.25, 0.3) is 0 Å². The summed E-state index contributed by atoms with van der Waals surface area (Å²) in [6, 6.07) is 10.1. The van der Waals surface area contributed by atoms with Crippen LogP contribution in [0.3, 0.4) is 0 Å². The molecule has 0 bridgehead atoms. The zero-order valence-electron chi connectivity index (χ0n) is 11.7. The van der Waals surface area contributed by atoms with Gasteiger partial charge in [-0.15, -0.1) is 0 Å². The predicted octanol–water partition coefficient (Wildman–Crippen LogP) is 3.74. The van der Waals surface area contributed by atoms with Crippen molar-refractivity contribution in [1.29, 1.82) is 0 Å². The summed E-state index contributed by atoms with van der Waals surface area (Å²) in [6.45, 7) is 2.24. The van der Waals surface area contributed by atoms with Crippen molar-refractivity contribution >= 4 is 5.97 Å². The minimum Gasteiger partial charge on any atom is -0.461 e. The molecule has 0 unspecified atom stereocenters. The van der Waals surface area contributed by atoms with Crippen LogP contribution in [0.15, 0.2) is 30.3 Å². The van der Waals surface area contributed by atoms with Crippen LogP contribution in [0, 0.1) is 0 Å². The number of benzene rings is 1. The molecule has 3 rings (SSSR count). The number of H-pyrrole nitrogens is 1. The molecule has 1 N–H and O–H groups in total. The molecule has 0 aliphatic heterocycles. The number of hydrogen-bond donors (Lipinski definition) is 1. The summed E-state index contributed by atoms with van der Waals surface area (Å²) in [6.07, 6.45) is 4.43. The van der Waals surface area contributed by atoms with E-state index in [1.54, 1.807) is 0 Å². The Kier molecular flexibility index (Phi) is 3.59. The van der Waals surface area contributed by atoms with Crippen LogP contribution in [0.1, 0.15) is 41.5 Å². The first-order valence-electron chi connectivity index (χ1n) is 7.27. The Labute approximate surface area is 119 Å². The Morgan fingerprint density at radius 2 is 1.95 bits per heavy atom. The second kappa shape index (κ2) is 5.53. The largest absolute Gasteiger partial charge is 0.461 e. The topological polar surface area (TPSA) is 42.1 Å².